The molecule has 3 aliphatic rings. The molecule has 7 nitrogen and oxygen atoms in total. The van der Waals surface area contributed by atoms with E-state index in [2.05, 4.69) is 20.8 Å². The summed E-state index contributed by atoms with van der Waals surface area (Å²) in [6.07, 6.45) is 0.616. The van der Waals surface area contributed by atoms with Crippen LogP contribution in [0.1, 0.15) is 24.8 Å². The van der Waals surface area contributed by atoms with Gasteiger partial charge in [0.1, 0.15) is 18.0 Å². The summed E-state index contributed by atoms with van der Waals surface area (Å²) in [4.78, 5) is 11.9. The van der Waals surface area contributed by atoms with Crippen molar-refractivity contribution < 1.29 is 27.5 Å². The van der Waals surface area contributed by atoms with E-state index in [-0.39, 0.29) is 25.2 Å². The average molecular weight is 399 g/mol. The molecule has 1 aromatic carbocycles. The Morgan fingerprint density at radius 3 is 2.54 bits per heavy atom. The van der Waals surface area contributed by atoms with Crippen LogP contribution in [0.5, 0.6) is 0 Å². The maximum Gasteiger partial charge on any atom is 0.287 e. The molecule has 3 fully saturated rings. The molecule has 0 aliphatic heterocycles. The fourth-order valence-corrected chi connectivity index (χ4v) is 4.73. The molecule has 150 valence electrons. The van der Waals surface area contributed by atoms with Gasteiger partial charge in [0.05, 0.1) is 12.0 Å². The number of aromatic nitrogens is 4. The van der Waals surface area contributed by atoms with E-state index < -0.39 is 46.1 Å². The SMILES string of the molecule is CNC(=O)C12CC(C(F)(F)[C@](O)(Cn3cnnn3)c3ccc(F)cc3F)(C1)C2. The second-order valence-corrected chi connectivity index (χ2v) is 7.74. The van der Waals surface area contributed by atoms with Gasteiger partial charge in [0.15, 0.2) is 5.60 Å². The van der Waals surface area contributed by atoms with E-state index in [1.54, 1.807) is 0 Å². The Balaban J connectivity index is 1.75. The second-order valence-electron chi connectivity index (χ2n) is 7.74. The third-order valence-corrected chi connectivity index (χ3v) is 6.08. The lowest BCUT2D eigenvalue weighted by Gasteiger charge is -2.72. The van der Waals surface area contributed by atoms with Crippen LogP contribution in [0.25, 0.3) is 0 Å². The predicted octanol–water partition coefficient (Wildman–Crippen LogP) is 1.39. The molecule has 0 unspecified atom stereocenters. The molecule has 28 heavy (non-hydrogen) atoms. The number of amides is 1. The van der Waals surface area contributed by atoms with Crippen LogP contribution in [0.15, 0.2) is 24.5 Å². The molecule has 1 heterocycles. The number of carbonyl (C=O) groups excluding carboxylic acids is 1. The lowest BCUT2D eigenvalue weighted by atomic mass is 9.31. The number of nitrogens with zero attached hydrogens (tertiary/aromatic N) is 4. The second kappa shape index (κ2) is 5.72. The highest BCUT2D eigenvalue weighted by atomic mass is 19.3. The number of halogens is 4. The van der Waals surface area contributed by atoms with Crippen molar-refractivity contribution in [2.45, 2.75) is 37.3 Å². The van der Waals surface area contributed by atoms with Crippen LogP contribution in [-0.4, -0.2) is 44.2 Å². The quantitative estimate of drug-likeness (QED) is 0.717. The number of hydrogen-bond donors (Lipinski definition) is 2. The first-order valence-electron chi connectivity index (χ1n) is 8.58. The Labute approximate surface area is 156 Å². The van der Waals surface area contributed by atoms with Crippen LogP contribution in [0.4, 0.5) is 17.6 Å². The van der Waals surface area contributed by atoms with Crippen LogP contribution in [0.2, 0.25) is 0 Å². The highest BCUT2D eigenvalue weighted by Gasteiger charge is 2.83. The molecule has 11 heteroatoms. The lowest BCUT2D eigenvalue weighted by molar-refractivity contribution is -0.359. The lowest BCUT2D eigenvalue weighted by Crippen LogP contribution is -2.77. The summed E-state index contributed by atoms with van der Waals surface area (Å²) in [5.74, 6) is -6.43. The molecular weight excluding hydrogens is 382 g/mol. The van der Waals surface area contributed by atoms with E-state index in [1.807, 2.05) is 0 Å². The molecular formula is C17H17F4N5O2. The largest absolute Gasteiger partial charge is 0.377 e. The number of carbonyl (C=O) groups is 1. The Morgan fingerprint density at radius 2 is 2.00 bits per heavy atom. The van der Waals surface area contributed by atoms with Gasteiger partial charge in [-0.1, -0.05) is 0 Å². The smallest absolute Gasteiger partial charge is 0.287 e. The Bertz CT molecular complexity index is 916. The van der Waals surface area contributed by atoms with Crippen LogP contribution in [0.3, 0.4) is 0 Å². The van der Waals surface area contributed by atoms with Gasteiger partial charge in [-0.3, -0.25) is 4.79 Å². The zero-order valence-electron chi connectivity index (χ0n) is 14.8. The molecule has 2 N–H and O–H groups in total. The Hall–Kier alpha value is -2.56. The summed E-state index contributed by atoms with van der Waals surface area (Å²) in [6.45, 7) is -0.843. The summed E-state index contributed by atoms with van der Waals surface area (Å²) in [5, 5.41) is 23.7. The predicted molar refractivity (Wildman–Crippen MR) is 85.8 cm³/mol. The number of hydrogen-bond acceptors (Lipinski definition) is 5. The third kappa shape index (κ3) is 2.25. The van der Waals surface area contributed by atoms with E-state index in [0.717, 1.165) is 23.1 Å². The molecule has 3 saturated carbocycles. The third-order valence-electron chi connectivity index (χ3n) is 6.08. The van der Waals surface area contributed by atoms with Crippen molar-refractivity contribution in [1.29, 1.82) is 0 Å². The van der Waals surface area contributed by atoms with Crippen molar-refractivity contribution in [3.63, 3.8) is 0 Å². The first-order chi connectivity index (χ1) is 13.1. The van der Waals surface area contributed by atoms with Crippen LogP contribution in [0, 0.1) is 22.5 Å². The van der Waals surface area contributed by atoms with Crippen LogP contribution >= 0.6 is 0 Å². The zero-order chi connectivity index (χ0) is 20.4. The van der Waals surface area contributed by atoms with E-state index in [1.165, 1.54) is 7.05 Å². The zero-order valence-corrected chi connectivity index (χ0v) is 14.8. The van der Waals surface area contributed by atoms with Gasteiger partial charge in [-0.15, -0.1) is 5.10 Å². The topological polar surface area (TPSA) is 92.9 Å². The average Bonchev–Trinajstić information content (AvgIpc) is 3.04. The maximum atomic E-state index is 15.7. The molecule has 0 spiro atoms. The summed E-state index contributed by atoms with van der Waals surface area (Å²) in [5.41, 5.74) is -6.35. The standard InChI is InChI=1S/C17H17F4N5O2/c1-22-13(27)14-5-15(6-14,7-14)17(20,21)16(28,8-26-9-23-24-25-26)11-3-2-10(18)4-12(11)19/h2-4,9,28H,5-8H2,1H3,(H,22,27)/t14?,15?,16-/m0/s1. The molecule has 5 rings (SSSR count). The van der Waals surface area contributed by atoms with Crippen molar-refractivity contribution in [3.05, 3.63) is 41.7 Å². The normalized spacial score (nSPS) is 28.1. The summed E-state index contributed by atoms with van der Waals surface area (Å²) in [7, 11) is 1.43. The molecule has 2 aromatic rings. The van der Waals surface area contributed by atoms with E-state index in [0.29, 0.717) is 6.07 Å². The first kappa shape index (κ1) is 18.8. The number of alkyl halides is 2. The molecule has 0 saturated heterocycles. The van der Waals surface area contributed by atoms with Gasteiger partial charge in [-0.05, 0) is 41.8 Å². The van der Waals surface area contributed by atoms with Crippen molar-refractivity contribution in [2.75, 3.05) is 7.05 Å². The minimum Gasteiger partial charge on any atom is -0.377 e. The molecule has 1 atom stereocenters. The van der Waals surface area contributed by atoms with E-state index >= 15 is 8.78 Å². The molecule has 2 bridgehead atoms. The minimum atomic E-state index is -3.83. The number of tetrazole rings is 1. The molecule has 1 amide bonds. The van der Waals surface area contributed by atoms with Crippen LogP contribution < -0.4 is 5.32 Å². The minimum absolute atomic E-state index is 0.132. The maximum absolute atomic E-state index is 15.7. The number of rotatable bonds is 6. The number of benzene rings is 1. The highest BCUT2D eigenvalue weighted by Crippen LogP contribution is 2.80. The van der Waals surface area contributed by atoms with E-state index in [4.69, 9.17) is 0 Å². The van der Waals surface area contributed by atoms with Gasteiger partial charge in [0, 0.05) is 24.1 Å². The van der Waals surface area contributed by atoms with Crippen molar-refractivity contribution in [1.82, 2.24) is 25.5 Å². The van der Waals surface area contributed by atoms with Gasteiger partial charge >= 0.3 is 0 Å². The highest BCUT2D eigenvalue weighted by molar-refractivity contribution is 5.86. The van der Waals surface area contributed by atoms with Gasteiger partial charge in [0.25, 0.3) is 5.92 Å². The summed E-state index contributed by atoms with van der Waals surface area (Å²) < 4.78 is 60.0. The number of aliphatic hydroxyl groups is 1. The first-order valence-corrected chi connectivity index (χ1v) is 8.58. The van der Waals surface area contributed by atoms with Crippen LogP contribution in [-0.2, 0) is 16.9 Å². The summed E-state index contributed by atoms with van der Waals surface area (Å²) >= 11 is 0. The monoisotopic (exact) mass is 399 g/mol. The van der Waals surface area contributed by atoms with E-state index in [9.17, 15) is 18.7 Å². The van der Waals surface area contributed by atoms with Crippen molar-refractivity contribution in [3.8, 4) is 0 Å². The summed E-state index contributed by atoms with van der Waals surface area (Å²) in [6, 6.07) is 2.03. The molecule has 0 radical (unpaired) electrons. The Morgan fingerprint density at radius 1 is 1.32 bits per heavy atom. The molecule has 3 aliphatic carbocycles. The van der Waals surface area contributed by atoms with Crippen molar-refractivity contribution in [2.24, 2.45) is 10.8 Å². The van der Waals surface area contributed by atoms with Gasteiger partial charge < -0.3 is 10.4 Å². The number of nitrogens with one attached hydrogen (secondary N) is 1. The van der Waals surface area contributed by atoms with Gasteiger partial charge in [-0.2, -0.15) is 0 Å². The van der Waals surface area contributed by atoms with Crippen molar-refractivity contribution >= 4 is 5.91 Å². The molecule has 1 aromatic heterocycles. The Kier molecular flexibility index (Phi) is 3.84. The fourth-order valence-electron chi connectivity index (χ4n) is 4.73. The fraction of sp³-hybridized carbons (Fsp3) is 0.529. The van der Waals surface area contributed by atoms with Gasteiger partial charge in [-0.25, -0.2) is 22.2 Å². The van der Waals surface area contributed by atoms with Gasteiger partial charge in [0.2, 0.25) is 5.91 Å².